The summed E-state index contributed by atoms with van der Waals surface area (Å²) in [4.78, 5) is 2.70. The first-order valence-corrected chi connectivity index (χ1v) is 8.68. The maximum absolute atomic E-state index is 3.59. The summed E-state index contributed by atoms with van der Waals surface area (Å²) in [5, 5.41) is 3.55. The molecule has 0 bridgehead atoms. The first kappa shape index (κ1) is 15.8. The van der Waals surface area contributed by atoms with Gasteiger partial charge in [0.05, 0.1) is 0 Å². The molecule has 1 saturated carbocycles. The Bertz CT molecular complexity index is 400. The van der Waals surface area contributed by atoms with Crippen molar-refractivity contribution in [1.82, 2.24) is 4.90 Å². The lowest BCUT2D eigenvalue weighted by molar-refractivity contribution is 0.184. The van der Waals surface area contributed by atoms with E-state index in [1.54, 1.807) is 0 Å². The van der Waals surface area contributed by atoms with Gasteiger partial charge in [0.25, 0.3) is 0 Å². The SMILES string of the molecule is CC(C)CN(CCNc1ccccc1Br)C1CCCC1. The van der Waals surface area contributed by atoms with Crippen LogP contribution in [0.4, 0.5) is 5.69 Å². The number of halogens is 1. The van der Waals surface area contributed by atoms with Crippen LogP contribution in [-0.2, 0) is 0 Å². The van der Waals surface area contributed by atoms with E-state index in [1.165, 1.54) is 37.9 Å². The minimum atomic E-state index is 0.749. The third-order valence-electron chi connectivity index (χ3n) is 4.03. The molecule has 3 heteroatoms. The van der Waals surface area contributed by atoms with Crippen molar-refractivity contribution in [1.29, 1.82) is 0 Å². The van der Waals surface area contributed by atoms with Crippen molar-refractivity contribution in [2.45, 2.75) is 45.6 Å². The summed E-state index contributed by atoms with van der Waals surface area (Å²) >= 11 is 3.59. The van der Waals surface area contributed by atoms with Crippen LogP contribution in [0, 0.1) is 5.92 Å². The highest BCUT2D eigenvalue weighted by Crippen LogP contribution is 2.24. The van der Waals surface area contributed by atoms with Gasteiger partial charge in [0.2, 0.25) is 0 Å². The average molecular weight is 339 g/mol. The highest BCUT2D eigenvalue weighted by atomic mass is 79.9. The second-order valence-corrected chi connectivity index (χ2v) is 7.09. The van der Waals surface area contributed by atoms with E-state index in [0.717, 1.165) is 29.5 Å². The molecule has 1 N–H and O–H groups in total. The van der Waals surface area contributed by atoms with Crippen molar-refractivity contribution in [3.05, 3.63) is 28.7 Å². The van der Waals surface area contributed by atoms with Gasteiger partial charge in [0.15, 0.2) is 0 Å². The number of rotatable bonds is 7. The summed E-state index contributed by atoms with van der Waals surface area (Å²) in [6.45, 7) is 8.03. The fourth-order valence-corrected chi connectivity index (χ4v) is 3.53. The van der Waals surface area contributed by atoms with Crippen LogP contribution in [0.5, 0.6) is 0 Å². The molecule has 0 radical (unpaired) electrons. The molecule has 0 heterocycles. The maximum Gasteiger partial charge on any atom is 0.0485 e. The Morgan fingerprint density at radius 3 is 2.60 bits per heavy atom. The first-order valence-electron chi connectivity index (χ1n) is 7.89. The zero-order valence-corrected chi connectivity index (χ0v) is 14.3. The fraction of sp³-hybridized carbons (Fsp3) is 0.647. The highest BCUT2D eigenvalue weighted by molar-refractivity contribution is 9.10. The van der Waals surface area contributed by atoms with Gasteiger partial charge in [-0.15, -0.1) is 0 Å². The number of hydrogen-bond donors (Lipinski definition) is 1. The van der Waals surface area contributed by atoms with E-state index in [9.17, 15) is 0 Å². The highest BCUT2D eigenvalue weighted by Gasteiger charge is 2.22. The van der Waals surface area contributed by atoms with Crippen molar-refractivity contribution in [2.75, 3.05) is 25.0 Å². The molecule has 2 rings (SSSR count). The average Bonchev–Trinajstić information content (AvgIpc) is 2.93. The molecule has 1 aliphatic rings. The van der Waals surface area contributed by atoms with E-state index in [1.807, 2.05) is 0 Å². The van der Waals surface area contributed by atoms with Gasteiger partial charge < -0.3 is 5.32 Å². The van der Waals surface area contributed by atoms with Gasteiger partial charge >= 0.3 is 0 Å². The van der Waals surface area contributed by atoms with E-state index >= 15 is 0 Å². The molecule has 1 fully saturated rings. The van der Waals surface area contributed by atoms with Gasteiger partial charge in [-0.25, -0.2) is 0 Å². The van der Waals surface area contributed by atoms with E-state index in [-0.39, 0.29) is 0 Å². The fourth-order valence-electron chi connectivity index (χ4n) is 3.10. The molecule has 0 spiro atoms. The quantitative estimate of drug-likeness (QED) is 0.770. The molecule has 112 valence electrons. The Morgan fingerprint density at radius 2 is 1.95 bits per heavy atom. The second kappa shape index (κ2) is 8.04. The van der Waals surface area contributed by atoms with Crippen LogP contribution in [0.25, 0.3) is 0 Å². The topological polar surface area (TPSA) is 15.3 Å². The summed E-state index contributed by atoms with van der Waals surface area (Å²) in [7, 11) is 0. The van der Waals surface area contributed by atoms with Crippen LogP contribution < -0.4 is 5.32 Å². The third-order valence-corrected chi connectivity index (χ3v) is 4.72. The summed E-state index contributed by atoms with van der Waals surface area (Å²) in [5.41, 5.74) is 1.20. The molecule has 0 unspecified atom stereocenters. The van der Waals surface area contributed by atoms with E-state index in [2.05, 4.69) is 64.3 Å². The minimum Gasteiger partial charge on any atom is -0.383 e. The maximum atomic E-state index is 3.59. The molecule has 0 aromatic heterocycles. The predicted molar refractivity (Wildman–Crippen MR) is 91.3 cm³/mol. The third kappa shape index (κ3) is 4.78. The molecular weight excluding hydrogens is 312 g/mol. The second-order valence-electron chi connectivity index (χ2n) is 6.23. The van der Waals surface area contributed by atoms with Crippen LogP contribution >= 0.6 is 15.9 Å². The van der Waals surface area contributed by atoms with Crippen LogP contribution in [0.15, 0.2) is 28.7 Å². The molecule has 0 saturated heterocycles. The van der Waals surface area contributed by atoms with Gasteiger partial charge in [0, 0.05) is 35.8 Å². The Labute approximate surface area is 132 Å². The monoisotopic (exact) mass is 338 g/mol. The van der Waals surface area contributed by atoms with Gasteiger partial charge in [-0.3, -0.25) is 4.90 Å². The van der Waals surface area contributed by atoms with Gasteiger partial charge in [-0.2, -0.15) is 0 Å². The summed E-state index contributed by atoms with van der Waals surface area (Å²) in [6.07, 6.45) is 5.61. The molecule has 0 amide bonds. The van der Waals surface area contributed by atoms with E-state index in [4.69, 9.17) is 0 Å². The van der Waals surface area contributed by atoms with E-state index in [0.29, 0.717) is 0 Å². The van der Waals surface area contributed by atoms with Crippen LogP contribution in [-0.4, -0.2) is 30.6 Å². The van der Waals surface area contributed by atoms with Crippen molar-refractivity contribution in [3.63, 3.8) is 0 Å². The summed E-state index contributed by atoms with van der Waals surface area (Å²) in [5.74, 6) is 0.749. The van der Waals surface area contributed by atoms with Gasteiger partial charge in [-0.05, 0) is 46.8 Å². The van der Waals surface area contributed by atoms with Crippen LogP contribution in [0.1, 0.15) is 39.5 Å². The van der Waals surface area contributed by atoms with Crippen molar-refractivity contribution < 1.29 is 0 Å². The van der Waals surface area contributed by atoms with Gasteiger partial charge in [-0.1, -0.05) is 38.8 Å². The lowest BCUT2D eigenvalue weighted by atomic mass is 10.1. The smallest absolute Gasteiger partial charge is 0.0485 e. The minimum absolute atomic E-state index is 0.749. The van der Waals surface area contributed by atoms with Gasteiger partial charge in [0.1, 0.15) is 0 Å². The zero-order valence-electron chi connectivity index (χ0n) is 12.7. The number of benzene rings is 1. The predicted octanol–water partition coefficient (Wildman–Crippen LogP) is 4.76. The molecule has 1 aromatic rings. The Morgan fingerprint density at radius 1 is 1.25 bits per heavy atom. The van der Waals surface area contributed by atoms with Crippen LogP contribution in [0.3, 0.4) is 0 Å². The lowest BCUT2D eigenvalue weighted by Crippen LogP contribution is -2.39. The largest absolute Gasteiger partial charge is 0.383 e. The number of anilines is 1. The number of nitrogens with one attached hydrogen (secondary N) is 1. The molecule has 0 aliphatic heterocycles. The molecule has 0 atom stereocenters. The van der Waals surface area contributed by atoms with E-state index < -0.39 is 0 Å². The summed E-state index contributed by atoms with van der Waals surface area (Å²) in [6, 6.07) is 9.17. The molecule has 1 aromatic carbocycles. The number of para-hydroxylation sites is 1. The number of hydrogen-bond acceptors (Lipinski definition) is 2. The van der Waals surface area contributed by atoms with Crippen molar-refractivity contribution in [3.8, 4) is 0 Å². The molecular formula is C17H27BrN2. The Balaban J connectivity index is 1.83. The van der Waals surface area contributed by atoms with Crippen molar-refractivity contribution in [2.24, 2.45) is 5.92 Å². The first-order chi connectivity index (χ1) is 9.66. The Kier molecular flexibility index (Phi) is 6.37. The number of nitrogens with zero attached hydrogens (tertiary/aromatic N) is 1. The standard InChI is InChI=1S/C17H27BrN2/c1-14(2)13-20(15-7-3-4-8-15)12-11-19-17-10-6-5-9-16(17)18/h5-6,9-10,14-15,19H,3-4,7-8,11-13H2,1-2H3. The summed E-state index contributed by atoms with van der Waals surface area (Å²) < 4.78 is 1.15. The van der Waals surface area contributed by atoms with Crippen molar-refractivity contribution >= 4 is 21.6 Å². The molecule has 2 nitrogen and oxygen atoms in total. The lowest BCUT2D eigenvalue weighted by Gasteiger charge is -2.30. The zero-order chi connectivity index (χ0) is 14.4. The Hall–Kier alpha value is -0.540. The van der Waals surface area contributed by atoms with Crippen LogP contribution in [0.2, 0.25) is 0 Å². The normalized spacial score (nSPS) is 16.2. The molecule has 1 aliphatic carbocycles. The molecule has 20 heavy (non-hydrogen) atoms.